The first-order chi connectivity index (χ1) is 11.9. The number of sulfonamides is 1. The Balaban J connectivity index is 1.98. The summed E-state index contributed by atoms with van der Waals surface area (Å²) in [6.07, 6.45) is 4.18. The van der Waals surface area contributed by atoms with E-state index in [0.29, 0.717) is 25.1 Å². The van der Waals surface area contributed by atoms with Crippen molar-refractivity contribution in [3.63, 3.8) is 0 Å². The quantitative estimate of drug-likeness (QED) is 0.715. The fourth-order valence-electron chi connectivity index (χ4n) is 2.75. The van der Waals surface area contributed by atoms with Crippen LogP contribution in [0.15, 0.2) is 29.2 Å². The van der Waals surface area contributed by atoms with Crippen LogP contribution in [0.3, 0.4) is 0 Å². The molecule has 0 spiro atoms. The molecular weight excluding hydrogens is 344 g/mol. The van der Waals surface area contributed by atoms with Gasteiger partial charge in [-0.2, -0.15) is 4.31 Å². The highest BCUT2D eigenvalue weighted by molar-refractivity contribution is 7.89. The number of hydrogen-bond donors (Lipinski definition) is 2. The largest absolute Gasteiger partial charge is 0.481 e. The molecule has 2 rings (SSSR count). The summed E-state index contributed by atoms with van der Waals surface area (Å²) >= 11 is 0. The molecule has 1 heterocycles. The predicted octanol–water partition coefficient (Wildman–Crippen LogP) is 1.85. The molecule has 1 aromatic carbocycles. The van der Waals surface area contributed by atoms with Crippen molar-refractivity contribution in [2.75, 3.05) is 19.6 Å². The average molecular weight is 368 g/mol. The zero-order valence-corrected chi connectivity index (χ0v) is 14.9. The van der Waals surface area contributed by atoms with Gasteiger partial charge in [0.1, 0.15) is 0 Å². The van der Waals surface area contributed by atoms with Crippen molar-refractivity contribution in [3.05, 3.63) is 29.8 Å². The molecule has 1 aromatic rings. The van der Waals surface area contributed by atoms with Crippen LogP contribution in [0, 0.1) is 0 Å². The van der Waals surface area contributed by atoms with Gasteiger partial charge in [-0.05, 0) is 43.5 Å². The lowest BCUT2D eigenvalue weighted by molar-refractivity contribution is -0.137. The van der Waals surface area contributed by atoms with Gasteiger partial charge in [0, 0.05) is 31.6 Å². The van der Waals surface area contributed by atoms with Gasteiger partial charge in [-0.15, -0.1) is 0 Å². The summed E-state index contributed by atoms with van der Waals surface area (Å²) in [5, 5.41) is 11.2. The SMILES string of the molecule is O=C(O)CCCNC(=O)c1ccc(S(=O)(=O)N2CCCCCC2)cc1. The van der Waals surface area contributed by atoms with E-state index in [4.69, 9.17) is 5.11 Å². The predicted molar refractivity (Wildman–Crippen MR) is 92.9 cm³/mol. The van der Waals surface area contributed by atoms with Crippen LogP contribution in [0.2, 0.25) is 0 Å². The minimum absolute atomic E-state index is 0.00665. The van der Waals surface area contributed by atoms with Crippen molar-refractivity contribution in [3.8, 4) is 0 Å². The van der Waals surface area contributed by atoms with Crippen molar-refractivity contribution in [1.29, 1.82) is 0 Å². The van der Waals surface area contributed by atoms with Crippen LogP contribution in [0.4, 0.5) is 0 Å². The summed E-state index contributed by atoms with van der Waals surface area (Å²) in [4.78, 5) is 22.6. The standard InChI is InChI=1S/C17H24N2O5S/c20-16(21)6-5-11-18-17(22)14-7-9-15(10-8-14)25(23,24)19-12-3-1-2-4-13-19/h7-10H,1-6,11-13H2,(H,18,22)(H,20,21). The molecule has 1 aliphatic heterocycles. The van der Waals surface area contributed by atoms with Crippen molar-refractivity contribution >= 4 is 21.9 Å². The van der Waals surface area contributed by atoms with Gasteiger partial charge in [-0.1, -0.05) is 12.8 Å². The van der Waals surface area contributed by atoms with E-state index in [1.165, 1.54) is 28.6 Å². The molecule has 2 N–H and O–H groups in total. The van der Waals surface area contributed by atoms with Crippen LogP contribution < -0.4 is 5.32 Å². The van der Waals surface area contributed by atoms with Crippen molar-refractivity contribution in [2.24, 2.45) is 0 Å². The molecule has 0 aliphatic carbocycles. The number of aliphatic carboxylic acids is 1. The van der Waals surface area contributed by atoms with Gasteiger partial charge < -0.3 is 10.4 Å². The lowest BCUT2D eigenvalue weighted by atomic mass is 10.2. The number of nitrogens with one attached hydrogen (secondary N) is 1. The van der Waals surface area contributed by atoms with Gasteiger partial charge in [0.2, 0.25) is 10.0 Å². The maximum absolute atomic E-state index is 12.7. The molecule has 0 bridgehead atoms. The van der Waals surface area contributed by atoms with Gasteiger partial charge >= 0.3 is 5.97 Å². The molecular formula is C17H24N2O5S. The van der Waals surface area contributed by atoms with Crippen LogP contribution in [-0.4, -0.2) is 49.3 Å². The van der Waals surface area contributed by atoms with Gasteiger partial charge in [0.15, 0.2) is 0 Å². The van der Waals surface area contributed by atoms with Crippen molar-refractivity contribution in [1.82, 2.24) is 9.62 Å². The topological polar surface area (TPSA) is 104 Å². The summed E-state index contributed by atoms with van der Waals surface area (Å²) in [5.74, 6) is -1.25. The Morgan fingerprint density at radius 3 is 2.20 bits per heavy atom. The van der Waals surface area contributed by atoms with Gasteiger partial charge in [0.05, 0.1) is 4.90 Å². The van der Waals surface area contributed by atoms with E-state index < -0.39 is 16.0 Å². The maximum atomic E-state index is 12.7. The monoisotopic (exact) mass is 368 g/mol. The number of carboxylic acids is 1. The van der Waals surface area contributed by atoms with E-state index in [2.05, 4.69) is 5.32 Å². The smallest absolute Gasteiger partial charge is 0.303 e. The fourth-order valence-corrected chi connectivity index (χ4v) is 4.27. The summed E-state index contributed by atoms with van der Waals surface area (Å²) in [6.45, 7) is 1.33. The number of benzene rings is 1. The Kier molecular flexibility index (Phi) is 6.95. The molecule has 8 heteroatoms. The number of carbonyl (C=O) groups is 2. The first-order valence-corrected chi connectivity index (χ1v) is 9.95. The lowest BCUT2D eigenvalue weighted by Crippen LogP contribution is -2.32. The maximum Gasteiger partial charge on any atom is 0.303 e. The normalized spacial score (nSPS) is 16.2. The van der Waals surface area contributed by atoms with E-state index in [-0.39, 0.29) is 23.8 Å². The third kappa shape index (κ3) is 5.54. The van der Waals surface area contributed by atoms with E-state index >= 15 is 0 Å². The minimum Gasteiger partial charge on any atom is -0.481 e. The Morgan fingerprint density at radius 2 is 1.64 bits per heavy atom. The molecule has 1 fully saturated rings. The van der Waals surface area contributed by atoms with Gasteiger partial charge in [-0.25, -0.2) is 8.42 Å². The van der Waals surface area contributed by atoms with Crippen molar-refractivity contribution in [2.45, 2.75) is 43.4 Å². The number of hydrogen-bond acceptors (Lipinski definition) is 4. The van der Waals surface area contributed by atoms with E-state index in [0.717, 1.165) is 25.7 Å². The second kappa shape index (κ2) is 8.96. The number of rotatable bonds is 7. The second-order valence-electron chi connectivity index (χ2n) is 6.10. The molecule has 7 nitrogen and oxygen atoms in total. The number of amides is 1. The Hall–Kier alpha value is -1.93. The van der Waals surface area contributed by atoms with E-state index in [9.17, 15) is 18.0 Å². The van der Waals surface area contributed by atoms with Gasteiger partial charge in [0.25, 0.3) is 5.91 Å². The van der Waals surface area contributed by atoms with Crippen LogP contribution in [0.1, 0.15) is 48.9 Å². The summed E-state index contributed by atoms with van der Waals surface area (Å²) in [7, 11) is -3.52. The average Bonchev–Trinajstić information content (AvgIpc) is 2.88. The Bertz CT molecular complexity index is 692. The summed E-state index contributed by atoms with van der Waals surface area (Å²) in [6, 6.07) is 5.87. The molecule has 0 saturated carbocycles. The van der Waals surface area contributed by atoms with Gasteiger partial charge in [-0.3, -0.25) is 9.59 Å². The molecule has 1 amide bonds. The molecule has 0 radical (unpaired) electrons. The Labute approximate surface area is 148 Å². The van der Waals surface area contributed by atoms with E-state index in [1.54, 1.807) is 0 Å². The molecule has 0 unspecified atom stereocenters. The highest BCUT2D eigenvalue weighted by atomic mass is 32.2. The van der Waals surface area contributed by atoms with Crippen LogP contribution >= 0.6 is 0 Å². The summed E-state index contributed by atoms with van der Waals surface area (Å²) < 4.78 is 26.8. The van der Waals surface area contributed by atoms with Crippen LogP contribution in [0.5, 0.6) is 0 Å². The third-order valence-corrected chi connectivity index (χ3v) is 6.09. The molecule has 0 aromatic heterocycles. The van der Waals surface area contributed by atoms with E-state index in [1.807, 2.05) is 0 Å². The Morgan fingerprint density at radius 1 is 1.04 bits per heavy atom. The first kappa shape index (κ1) is 19.4. The molecule has 25 heavy (non-hydrogen) atoms. The molecule has 0 atom stereocenters. The molecule has 138 valence electrons. The zero-order chi connectivity index (χ0) is 18.3. The summed E-state index contributed by atoms with van der Waals surface area (Å²) in [5.41, 5.74) is 0.352. The zero-order valence-electron chi connectivity index (χ0n) is 14.1. The molecule has 1 aliphatic rings. The highest BCUT2D eigenvalue weighted by Gasteiger charge is 2.25. The van der Waals surface area contributed by atoms with Crippen molar-refractivity contribution < 1.29 is 23.1 Å². The number of carboxylic acid groups (broad SMARTS) is 1. The lowest BCUT2D eigenvalue weighted by Gasteiger charge is -2.20. The van der Waals surface area contributed by atoms with Crippen LogP contribution in [-0.2, 0) is 14.8 Å². The van der Waals surface area contributed by atoms with Crippen LogP contribution in [0.25, 0.3) is 0 Å². The third-order valence-electron chi connectivity index (χ3n) is 4.17. The second-order valence-corrected chi connectivity index (χ2v) is 8.03. The first-order valence-electron chi connectivity index (χ1n) is 8.51. The minimum atomic E-state index is -3.52. The highest BCUT2D eigenvalue weighted by Crippen LogP contribution is 2.20. The number of nitrogens with zero attached hydrogens (tertiary/aromatic N) is 1. The fraction of sp³-hybridized carbons (Fsp3) is 0.529. The molecule has 1 saturated heterocycles. The number of carbonyl (C=O) groups excluding carboxylic acids is 1.